The zero-order chi connectivity index (χ0) is 13.8. The maximum atomic E-state index is 11.4. The minimum Gasteiger partial charge on any atom is -0.444 e. The third-order valence-electron chi connectivity index (χ3n) is 1.92. The van der Waals surface area contributed by atoms with Crippen LogP contribution in [0.15, 0.2) is 12.3 Å². The number of amides is 1. The lowest BCUT2D eigenvalue weighted by molar-refractivity contribution is 0.0523. The number of aromatic nitrogens is 1. The van der Waals surface area contributed by atoms with Crippen molar-refractivity contribution >= 4 is 11.8 Å². The normalized spacial score (nSPS) is 10.6. The van der Waals surface area contributed by atoms with Crippen LogP contribution in [0.2, 0.25) is 0 Å². The molecule has 0 saturated heterocycles. The van der Waals surface area contributed by atoms with Gasteiger partial charge in [0.15, 0.2) is 5.69 Å². The van der Waals surface area contributed by atoms with Crippen LogP contribution in [-0.2, 0) is 11.3 Å². The third kappa shape index (κ3) is 4.29. The van der Waals surface area contributed by atoms with E-state index in [2.05, 4.69) is 10.3 Å². The van der Waals surface area contributed by atoms with Crippen molar-refractivity contribution in [1.29, 1.82) is 5.26 Å². The summed E-state index contributed by atoms with van der Waals surface area (Å²) >= 11 is 0. The summed E-state index contributed by atoms with van der Waals surface area (Å²) in [7, 11) is 0. The van der Waals surface area contributed by atoms with Crippen LogP contribution in [0.25, 0.3) is 0 Å². The summed E-state index contributed by atoms with van der Waals surface area (Å²) in [6, 6.07) is 3.47. The predicted octanol–water partition coefficient (Wildman–Crippen LogP) is 1.56. The van der Waals surface area contributed by atoms with E-state index in [0.717, 1.165) is 0 Å². The zero-order valence-electron chi connectivity index (χ0n) is 10.7. The van der Waals surface area contributed by atoms with Crippen LogP contribution in [0.5, 0.6) is 0 Å². The van der Waals surface area contributed by atoms with Crippen LogP contribution in [-0.4, -0.2) is 16.7 Å². The molecule has 1 aromatic heterocycles. The third-order valence-corrected chi connectivity index (χ3v) is 1.92. The van der Waals surface area contributed by atoms with Gasteiger partial charge in [-0.15, -0.1) is 0 Å². The lowest BCUT2D eigenvalue weighted by Crippen LogP contribution is -2.32. The molecule has 0 fully saturated rings. The number of pyridine rings is 1. The molecule has 0 saturated carbocycles. The molecule has 0 aliphatic carbocycles. The SMILES string of the molecule is CC(C)(C)OC(=O)NCc1cnc(C#N)c(N)c1. The number of nitriles is 1. The fourth-order valence-electron chi connectivity index (χ4n) is 1.21. The number of alkyl carbamates (subject to hydrolysis) is 1. The number of nitrogens with zero attached hydrogens (tertiary/aromatic N) is 2. The minimum absolute atomic E-state index is 0.177. The number of anilines is 1. The van der Waals surface area contributed by atoms with Crippen molar-refractivity contribution in [3.63, 3.8) is 0 Å². The summed E-state index contributed by atoms with van der Waals surface area (Å²) in [6.45, 7) is 5.60. The lowest BCUT2D eigenvalue weighted by atomic mass is 10.2. The van der Waals surface area contributed by atoms with Gasteiger partial charge in [0.2, 0.25) is 0 Å². The Labute approximate surface area is 106 Å². The predicted molar refractivity (Wildman–Crippen MR) is 66.4 cm³/mol. The molecule has 1 heterocycles. The summed E-state index contributed by atoms with van der Waals surface area (Å²) in [6.07, 6.45) is 0.983. The first-order valence-corrected chi connectivity index (χ1v) is 5.43. The van der Waals surface area contributed by atoms with Crippen molar-refractivity contribution < 1.29 is 9.53 Å². The molecule has 1 aromatic rings. The van der Waals surface area contributed by atoms with Crippen LogP contribution >= 0.6 is 0 Å². The van der Waals surface area contributed by atoms with Gasteiger partial charge in [-0.05, 0) is 32.4 Å². The van der Waals surface area contributed by atoms with Crippen molar-refractivity contribution in [3.05, 3.63) is 23.5 Å². The Bertz CT molecular complexity index is 486. The standard InChI is InChI=1S/C12H16N4O2/c1-12(2,3)18-11(17)16-7-8-4-9(14)10(5-13)15-6-8/h4,6H,7,14H2,1-3H3,(H,16,17). The molecule has 18 heavy (non-hydrogen) atoms. The van der Waals surface area contributed by atoms with E-state index >= 15 is 0 Å². The van der Waals surface area contributed by atoms with Gasteiger partial charge in [0, 0.05) is 12.7 Å². The lowest BCUT2D eigenvalue weighted by Gasteiger charge is -2.19. The first-order valence-electron chi connectivity index (χ1n) is 5.43. The van der Waals surface area contributed by atoms with Crippen LogP contribution in [0.3, 0.4) is 0 Å². The second-order valence-electron chi connectivity index (χ2n) is 4.75. The van der Waals surface area contributed by atoms with Gasteiger partial charge in [0.1, 0.15) is 11.7 Å². The maximum Gasteiger partial charge on any atom is 0.407 e. The molecule has 6 heteroatoms. The highest BCUT2D eigenvalue weighted by Crippen LogP contribution is 2.10. The zero-order valence-corrected chi connectivity index (χ0v) is 10.7. The molecule has 6 nitrogen and oxygen atoms in total. The Kier molecular flexibility index (Phi) is 4.10. The molecule has 1 amide bonds. The summed E-state index contributed by atoms with van der Waals surface area (Å²) in [4.78, 5) is 15.3. The molecule has 0 aliphatic rings. The fourth-order valence-corrected chi connectivity index (χ4v) is 1.21. The van der Waals surface area contributed by atoms with Gasteiger partial charge in [-0.2, -0.15) is 5.26 Å². The number of nitrogens with one attached hydrogen (secondary N) is 1. The number of rotatable bonds is 2. The summed E-state index contributed by atoms with van der Waals surface area (Å²) < 4.78 is 5.08. The average molecular weight is 248 g/mol. The van der Waals surface area contributed by atoms with Crippen LogP contribution in [0, 0.1) is 11.3 Å². The number of ether oxygens (including phenoxy) is 1. The van der Waals surface area contributed by atoms with Gasteiger partial charge in [0.25, 0.3) is 0 Å². The molecule has 96 valence electrons. The maximum absolute atomic E-state index is 11.4. The monoisotopic (exact) mass is 248 g/mol. The molecule has 3 N–H and O–H groups in total. The van der Waals surface area contributed by atoms with E-state index in [1.165, 1.54) is 6.20 Å². The van der Waals surface area contributed by atoms with E-state index in [0.29, 0.717) is 11.3 Å². The molecule has 0 spiro atoms. The number of carbonyl (C=O) groups excluding carboxylic acids is 1. The van der Waals surface area contributed by atoms with Gasteiger partial charge in [0.05, 0.1) is 5.69 Å². The highest BCUT2D eigenvalue weighted by Gasteiger charge is 2.15. The molecular formula is C12H16N4O2. The van der Waals surface area contributed by atoms with Crippen LogP contribution in [0.4, 0.5) is 10.5 Å². The molecular weight excluding hydrogens is 232 g/mol. The summed E-state index contributed by atoms with van der Waals surface area (Å²) in [5.74, 6) is 0. The minimum atomic E-state index is -0.536. The summed E-state index contributed by atoms with van der Waals surface area (Å²) in [5, 5.41) is 11.3. The second kappa shape index (κ2) is 5.36. The van der Waals surface area contributed by atoms with Gasteiger partial charge >= 0.3 is 6.09 Å². The van der Waals surface area contributed by atoms with Crippen molar-refractivity contribution in [1.82, 2.24) is 10.3 Å². The van der Waals surface area contributed by atoms with Gasteiger partial charge in [-0.1, -0.05) is 0 Å². The fraction of sp³-hybridized carbons (Fsp3) is 0.417. The Balaban J connectivity index is 2.57. The Morgan fingerprint density at radius 1 is 1.61 bits per heavy atom. The number of nitrogen functional groups attached to an aromatic ring is 1. The topological polar surface area (TPSA) is 101 Å². The summed E-state index contributed by atoms with van der Waals surface area (Å²) in [5.41, 5.74) is 6.25. The van der Waals surface area contributed by atoms with E-state index in [9.17, 15) is 4.79 Å². The highest BCUT2D eigenvalue weighted by atomic mass is 16.6. The van der Waals surface area contributed by atoms with E-state index in [4.69, 9.17) is 15.7 Å². The first-order chi connectivity index (χ1) is 8.31. The van der Waals surface area contributed by atoms with Crippen molar-refractivity contribution in [2.45, 2.75) is 32.9 Å². The number of hydrogen-bond donors (Lipinski definition) is 2. The van der Waals surface area contributed by atoms with Crippen molar-refractivity contribution in [3.8, 4) is 6.07 Å². The van der Waals surface area contributed by atoms with Gasteiger partial charge in [-0.3, -0.25) is 0 Å². The molecule has 0 radical (unpaired) electrons. The number of hydrogen-bond acceptors (Lipinski definition) is 5. The molecule has 0 bridgehead atoms. The van der Waals surface area contributed by atoms with Crippen molar-refractivity contribution in [2.24, 2.45) is 0 Å². The average Bonchev–Trinajstić information content (AvgIpc) is 2.24. The van der Waals surface area contributed by atoms with Crippen molar-refractivity contribution in [2.75, 3.05) is 5.73 Å². The Morgan fingerprint density at radius 3 is 2.78 bits per heavy atom. The molecule has 0 aliphatic heterocycles. The molecule has 0 atom stereocenters. The van der Waals surface area contributed by atoms with E-state index in [1.807, 2.05) is 6.07 Å². The molecule has 1 rings (SSSR count). The first kappa shape index (κ1) is 13.8. The largest absolute Gasteiger partial charge is 0.444 e. The van der Waals surface area contributed by atoms with E-state index in [1.54, 1.807) is 26.8 Å². The van der Waals surface area contributed by atoms with E-state index < -0.39 is 11.7 Å². The van der Waals surface area contributed by atoms with Crippen LogP contribution in [0.1, 0.15) is 32.0 Å². The van der Waals surface area contributed by atoms with Gasteiger partial charge in [-0.25, -0.2) is 9.78 Å². The second-order valence-corrected chi connectivity index (χ2v) is 4.75. The number of carbonyl (C=O) groups is 1. The highest BCUT2D eigenvalue weighted by molar-refractivity contribution is 5.67. The Morgan fingerprint density at radius 2 is 2.28 bits per heavy atom. The molecule has 0 unspecified atom stereocenters. The molecule has 0 aromatic carbocycles. The number of nitrogens with two attached hydrogens (primary N) is 1. The van der Waals surface area contributed by atoms with Gasteiger partial charge < -0.3 is 15.8 Å². The smallest absolute Gasteiger partial charge is 0.407 e. The Hall–Kier alpha value is -2.29. The van der Waals surface area contributed by atoms with E-state index in [-0.39, 0.29) is 12.2 Å². The van der Waals surface area contributed by atoms with Crippen LogP contribution < -0.4 is 11.1 Å². The quantitative estimate of drug-likeness (QED) is 0.827.